The number of carbonyl (C=O) groups is 2. The summed E-state index contributed by atoms with van der Waals surface area (Å²) in [4.78, 5) is 25.4. The van der Waals surface area contributed by atoms with Gasteiger partial charge >= 0.3 is 0 Å². The molecule has 0 spiro atoms. The van der Waals surface area contributed by atoms with Crippen molar-refractivity contribution < 1.29 is 14.3 Å². The Kier molecular flexibility index (Phi) is 7.89. The molecular formula is C16H30N2O3. The lowest BCUT2D eigenvalue weighted by molar-refractivity contribution is -0.126. The maximum atomic E-state index is 11.6. The number of carbonyl (C=O) groups excluding carboxylic acids is 2. The second-order valence-corrected chi connectivity index (χ2v) is 6.45. The number of ether oxygens (including phenoxy) is 1. The third-order valence-electron chi connectivity index (χ3n) is 3.90. The van der Waals surface area contributed by atoms with Crippen molar-refractivity contribution in [3.63, 3.8) is 0 Å². The number of nitrogens with one attached hydrogen (secondary N) is 1. The third-order valence-corrected chi connectivity index (χ3v) is 3.90. The zero-order chi connectivity index (χ0) is 15.8. The largest absolute Gasteiger partial charge is 0.372 e. The Morgan fingerprint density at radius 1 is 1.14 bits per heavy atom. The van der Waals surface area contributed by atoms with E-state index in [4.69, 9.17) is 4.74 Å². The topological polar surface area (TPSA) is 58.6 Å². The molecule has 0 aliphatic carbocycles. The molecule has 5 nitrogen and oxygen atoms in total. The van der Waals surface area contributed by atoms with Gasteiger partial charge in [-0.2, -0.15) is 0 Å². The average molecular weight is 298 g/mol. The van der Waals surface area contributed by atoms with Crippen LogP contribution >= 0.6 is 0 Å². The number of Topliss-reactive ketones (excluding diaryl/α,β-unsaturated/α-hetero) is 1. The van der Waals surface area contributed by atoms with E-state index >= 15 is 0 Å². The van der Waals surface area contributed by atoms with Crippen LogP contribution in [0.15, 0.2) is 0 Å². The van der Waals surface area contributed by atoms with E-state index in [1.54, 1.807) is 0 Å². The summed E-state index contributed by atoms with van der Waals surface area (Å²) in [6, 6.07) is 0.305. The van der Waals surface area contributed by atoms with Gasteiger partial charge in [-0.25, -0.2) is 0 Å². The molecule has 0 aromatic heterocycles. The lowest BCUT2D eigenvalue weighted by Gasteiger charge is -2.32. The molecule has 0 aromatic carbocycles. The fourth-order valence-electron chi connectivity index (χ4n) is 2.20. The van der Waals surface area contributed by atoms with Crippen LogP contribution in [0.2, 0.25) is 0 Å². The van der Waals surface area contributed by atoms with Crippen molar-refractivity contribution in [1.82, 2.24) is 10.2 Å². The average Bonchev–Trinajstić information content (AvgIpc) is 2.44. The van der Waals surface area contributed by atoms with Gasteiger partial charge < -0.3 is 15.0 Å². The zero-order valence-electron chi connectivity index (χ0n) is 13.9. The molecule has 122 valence electrons. The van der Waals surface area contributed by atoms with Gasteiger partial charge in [0.05, 0.1) is 6.61 Å². The SMILES string of the molecule is CC(C)C(=O)COCCN1CCC(NC(=O)C(C)C)CC1. The fourth-order valence-corrected chi connectivity index (χ4v) is 2.20. The van der Waals surface area contributed by atoms with Crippen LogP contribution in [0.1, 0.15) is 40.5 Å². The maximum absolute atomic E-state index is 11.6. The molecule has 0 aromatic rings. The summed E-state index contributed by atoms with van der Waals surface area (Å²) in [5, 5.41) is 3.09. The highest BCUT2D eigenvalue weighted by Crippen LogP contribution is 2.10. The van der Waals surface area contributed by atoms with Crippen molar-refractivity contribution in [3.8, 4) is 0 Å². The van der Waals surface area contributed by atoms with Crippen LogP contribution < -0.4 is 5.32 Å². The Balaban J connectivity index is 2.11. The molecule has 5 heteroatoms. The van der Waals surface area contributed by atoms with E-state index in [9.17, 15) is 9.59 Å². The van der Waals surface area contributed by atoms with Gasteiger partial charge in [0.25, 0.3) is 0 Å². The molecule has 1 fully saturated rings. The molecule has 0 bridgehead atoms. The van der Waals surface area contributed by atoms with E-state index < -0.39 is 0 Å². The lowest BCUT2D eigenvalue weighted by Crippen LogP contribution is -2.46. The summed E-state index contributed by atoms with van der Waals surface area (Å²) in [6.07, 6.45) is 1.98. The monoisotopic (exact) mass is 298 g/mol. The summed E-state index contributed by atoms with van der Waals surface area (Å²) < 4.78 is 5.42. The first-order valence-electron chi connectivity index (χ1n) is 8.03. The standard InChI is InChI=1S/C16H30N2O3/c1-12(2)15(19)11-21-10-9-18-7-5-14(6-8-18)17-16(20)13(3)4/h12-14H,5-11H2,1-4H3,(H,17,20). The molecule has 0 unspecified atom stereocenters. The van der Waals surface area contributed by atoms with Crippen molar-refractivity contribution in [2.24, 2.45) is 11.8 Å². The van der Waals surface area contributed by atoms with Gasteiger partial charge in [0.15, 0.2) is 5.78 Å². The van der Waals surface area contributed by atoms with E-state index in [0.29, 0.717) is 12.6 Å². The number of likely N-dealkylation sites (tertiary alicyclic amines) is 1. The summed E-state index contributed by atoms with van der Waals surface area (Å²) in [5.74, 6) is 0.398. The molecule has 1 rings (SSSR count). The van der Waals surface area contributed by atoms with E-state index in [1.807, 2.05) is 27.7 Å². The molecule has 1 heterocycles. The molecule has 1 N–H and O–H groups in total. The minimum atomic E-state index is 0.0466. The van der Waals surface area contributed by atoms with Gasteiger partial charge in [-0.3, -0.25) is 9.59 Å². The molecule has 21 heavy (non-hydrogen) atoms. The van der Waals surface area contributed by atoms with Gasteiger partial charge in [0.1, 0.15) is 6.61 Å². The van der Waals surface area contributed by atoms with Crippen LogP contribution in [0.5, 0.6) is 0 Å². The van der Waals surface area contributed by atoms with Crippen LogP contribution in [-0.4, -0.2) is 55.5 Å². The second kappa shape index (κ2) is 9.15. The Hall–Kier alpha value is -0.940. The van der Waals surface area contributed by atoms with Gasteiger partial charge in [-0.15, -0.1) is 0 Å². The van der Waals surface area contributed by atoms with E-state index in [1.165, 1.54) is 0 Å². The number of amides is 1. The highest BCUT2D eigenvalue weighted by Gasteiger charge is 2.21. The molecule has 0 saturated carbocycles. The van der Waals surface area contributed by atoms with Gasteiger partial charge in [-0.05, 0) is 12.8 Å². The first kappa shape index (κ1) is 18.1. The third kappa shape index (κ3) is 7.05. The van der Waals surface area contributed by atoms with Crippen molar-refractivity contribution >= 4 is 11.7 Å². The Bertz CT molecular complexity index is 332. The summed E-state index contributed by atoms with van der Waals surface area (Å²) in [7, 11) is 0. The molecule has 1 aliphatic heterocycles. The molecule has 0 atom stereocenters. The predicted molar refractivity (Wildman–Crippen MR) is 83.1 cm³/mol. The number of hydrogen-bond donors (Lipinski definition) is 1. The van der Waals surface area contributed by atoms with Crippen molar-refractivity contribution in [2.75, 3.05) is 32.8 Å². The van der Waals surface area contributed by atoms with E-state index in [2.05, 4.69) is 10.2 Å². The van der Waals surface area contributed by atoms with Crippen LogP contribution in [0.3, 0.4) is 0 Å². The Morgan fingerprint density at radius 3 is 2.29 bits per heavy atom. The molecule has 1 saturated heterocycles. The maximum Gasteiger partial charge on any atom is 0.222 e. The smallest absolute Gasteiger partial charge is 0.222 e. The quantitative estimate of drug-likeness (QED) is 0.689. The van der Waals surface area contributed by atoms with Crippen molar-refractivity contribution in [3.05, 3.63) is 0 Å². The summed E-state index contributed by atoms with van der Waals surface area (Å²) in [5.41, 5.74) is 0. The van der Waals surface area contributed by atoms with Crippen molar-refractivity contribution in [2.45, 2.75) is 46.6 Å². The molecule has 1 aliphatic rings. The number of piperidine rings is 1. The highest BCUT2D eigenvalue weighted by atomic mass is 16.5. The van der Waals surface area contributed by atoms with Gasteiger partial charge in [0.2, 0.25) is 5.91 Å². The number of nitrogens with zero attached hydrogens (tertiary/aromatic N) is 1. The fraction of sp³-hybridized carbons (Fsp3) is 0.875. The number of ketones is 1. The Labute approximate surface area is 128 Å². The second-order valence-electron chi connectivity index (χ2n) is 6.45. The first-order chi connectivity index (χ1) is 9.90. The first-order valence-corrected chi connectivity index (χ1v) is 8.03. The van der Waals surface area contributed by atoms with Crippen LogP contribution in [0.25, 0.3) is 0 Å². The van der Waals surface area contributed by atoms with E-state index in [-0.39, 0.29) is 30.1 Å². The summed E-state index contributed by atoms with van der Waals surface area (Å²) in [6.45, 7) is 11.2. The highest BCUT2D eigenvalue weighted by molar-refractivity contribution is 5.81. The number of rotatable bonds is 8. The lowest BCUT2D eigenvalue weighted by atomic mass is 10.0. The van der Waals surface area contributed by atoms with Crippen LogP contribution in [0.4, 0.5) is 0 Å². The molecule has 0 radical (unpaired) electrons. The molecule has 1 amide bonds. The van der Waals surface area contributed by atoms with E-state index in [0.717, 1.165) is 32.5 Å². The van der Waals surface area contributed by atoms with Gasteiger partial charge in [-0.1, -0.05) is 27.7 Å². The number of hydrogen-bond acceptors (Lipinski definition) is 4. The predicted octanol–water partition coefficient (Wildman–Crippen LogP) is 1.46. The van der Waals surface area contributed by atoms with Gasteiger partial charge in [0, 0.05) is 37.5 Å². The normalized spacial score (nSPS) is 17.4. The van der Waals surface area contributed by atoms with Crippen LogP contribution in [-0.2, 0) is 14.3 Å². The zero-order valence-corrected chi connectivity index (χ0v) is 13.9. The molecular weight excluding hydrogens is 268 g/mol. The summed E-state index contributed by atoms with van der Waals surface area (Å²) >= 11 is 0. The van der Waals surface area contributed by atoms with Crippen LogP contribution in [0, 0.1) is 11.8 Å². The Morgan fingerprint density at radius 2 is 1.76 bits per heavy atom. The van der Waals surface area contributed by atoms with Crippen molar-refractivity contribution in [1.29, 1.82) is 0 Å². The minimum absolute atomic E-state index is 0.0466. The minimum Gasteiger partial charge on any atom is -0.372 e.